The zero-order valence-electron chi connectivity index (χ0n) is 9.06. The average molecular weight is 242 g/mol. The molecule has 1 fully saturated rings. The lowest BCUT2D eigenvalue weighted by atomic mass is 10.3. The number of thioether (sulfide) groups is 1. The zero-order chi connectivity index (χ0) is 11.4. The number of hydrogen-bond acceptors (Lipinski definition) is 6. The first-order valence-electron chi connectivity index (χ1n) is 5.26. The lowest BCUT2D eigenvalue weighted by Gasteiger charge is -2.07. The minimum atomic E-state index is -0.444. The molecule has 16 heavy (non-hydrogen) atoms. The van der Waals surface area contributed by atoms with E-state index >= 15 is 0 Å². The number of rotatable bonds is 4. The van der Waals surface area contributed by atoms with Gasteiger partial charge in [-0.25, -0.2) is 4.79 Å². The maximum Gasteiger partial charge on any atom is 0.360 e. The maximum absolute atomic E-state index is 11.3. The first-order valence-corrected chi connectivity index (χ1v) is 6.42. The Morgan fingerprint density at radius 2 is 2.69 bits per heavy atom. The Morgan fingerprint density at radius 3 is 3.38 bits per heavy atom. The number of aromatic nitrogens is 1. The molecule has 1 atom stereocenters. The van der Waals surface area contributed by atoms with Crippen molar-refractivity contribution < 1.29 is 13.9 Å². The first-order chi connectivity index (χ1) is 7.79. The van der Waals surface area contributed by atoms with E-state index in [4.69, 9.17) is 9.15 Å². The van der Waals surface area contributed by atoms with Gasteiger partial charge in [-0.15, -0.1) is 0 Å². The molecule has 0 aromatic carbocycles. The summed E-state index contributed by atoms with van der Waals surface area (Å²) in [5.41, 5.74) is 0.218. The summed E-state index contributed by atoms with van der Waals surface area (Å²) >= 11 is 1.90. The Labute approximate surface area is 97.9 Å². The molecule has 1 aliphatic heterocycles. The highest BCUT2D eigenvalue weighted by atomic mass is 32.2. The highest BCUT2D eigenvalue weighted by Crippen LogP contribution is 2.21. The van der Waals surface area contributed by atoms with Gasteiger partial charge >= 0.3 is 5.97 Å². The molecule has 1 unspecified atom stereocenters. The van der Waals surface area contributed by atoms with Gasteiger partial charge in [0.15, 0.2) is 5.69 Å². The van der Waals surface area contributed by atoms with Crippen LogP contribution in [0.3, 0.4) is 0 Å². The Morgan fingerprint density at radius 1 is 1.81 bits per heavy atom. The molecule has 1 aromatic heterocycles. The molecule has 1 N–H and O–H groups in total. The van der Waals surface area contributed by atoms with Crippen LogP contribution in [0.4, 0.5) is 6.01 Å². The Bertz CT molecular complexity index is 361. The molecule has 0 bridgehead atoms. The van der Waals surface area contributed by atoms with Gasteiger partial charge in [0, 0.05) is 11.8 Å². The Kier molecular flexibility index (Phi) is 3.71. The fourth-order valence-corrected chi connectivity index (χ4v) is 2.61. The van der Waals surface area contributed by atoms with Crippen molar-refractivity contribution >= 4 is 23.7 Å². The van der Waals surface area contributed by atoms with Crippen molar-refractivity contribution in [2.75, 3.05) is 23.4 Å². The summed E-state index contributed by atoms with van der Waals surface area (Å²) in [6, 6.07) is 0.786. The van der Waals surface area contributed by atoms with Gasteiger partial charge in [-0.05, 0) is 19.1 Å². The second kappa shape index (κ2) is 5.25. The quantitative estimate of drug-likeness (QED) is 0.812. The second-order valence-corrected chi connectivity index (χ2v) is 4.61. The molecule has 0 radical (unpaired) electrons. The van der Waals surface area contributed by atoms with Gasteiger partial charge in [0.2, 0.25) is 0 Å². The number of hydrogen-bond donors (Lipinski definition) is 1. The van der Waals surface area contributed by atoms with Crippen molar-refractivity contribution in [2.45, 2.75) is 19.4 Å². The SMILES string of the molecule is CCOC(=O)c1coc(NC2CCSC2)n1. The van der Waals surface area contributed by atoms with Crippen LogP contribution in [0.5, 0.6) is 0 Å². The summed E-state index contributed by atoms with van der Waals surface area (Å²) < 4.78 is 9.98. The predicted molar refractivity (Wildman–Crippen MR) is 61.8 cm³/mol. The largest absolute Gasteiger partial charge is 0.461 e. The molecule has 2 heterocycles. The van der Waals surface area contributed by atoms with E-state index in [9.17, 15) is 4.79 Å². The van der Waals surface area contributed by atoms with Gasteiger partial charge in [-0.2, -0.15) is 16.7 Å². The van der Waals surface area contributed by atoms with Gasteiger partial charge in [0.25, 0.3) is 6.01 Å². The molecule has 0 spiro atoms. The van der Waals surface area contributed by atoms with Crippen LogP contribution in [0.25, 0.3) is 0 Å². The molecule has 1 aromatic rings. The molecular weight excluding hydrogens is 228 g/mol. The molecule has 0 saturated carbocycles. The second-order valence-electron chi connectivity index (χ2n) is 3.46. The van der Waals surface area contributed by atoms with E-state index in [-0.39, 0.29) is 5.69 Å². The fourth-order valence-electron chi connectivity index (χ4n) is 1.46. The van der Waals surface area contributed by atoms with Crippen molar-refractivity contribution in [1.82, 2.24) is 4.98 Å². The smallest absolute Gasteiger partial charge is 0.360 e. The minimum absolute atomic E-state index is 0.218. The van der Waals surface area contributed by atoms with E-state index in [2.05, 4.69) is 10.3 Å². The topological polar surface area (TPSA) is 64.4 Å². The average Bonchev–Trinajstić information content (AvgIpc) is 2.90. The lowest BCUT2D eigenvalue weighted by Crippen LogP contribution is -2.18. The summed E-state index contributed by atoms with van der Waals surface area (Å²) in [7, 11) is 0. The van der Waals surface area contributed by atoms with Crippen molar-refractivity contribution in [2.24, 2.45) is 0 Å². The van der Waals surface area contributed by atoms with Gasteiger partial charge in [0.1, 0.15) is 6.26 Å². The van der Waals surface area contributed by atoms with Gasteiger partial charge in [0.05, 0.1) is 6.61 Å². The summed E-state index contributed by atoms with van der Waals surface area (Å²) in [5.74, 6) is 1.76. The van der Waals surface area contributed by atoms with E-state index in [1.54, 1.807) is 6.92 Å². The molecule has 2 rings (SSSR count). The summed E-state index contributed by atoms with van der Waals surface area (Å²) in [6.45, 7) is 2.10. The number of oxazole rings is 1. The predicted octanol–water partition coefficient (Wildman–Crippen LogP) is 1.77. The Balaban J connectivity index is 1.93. The van der Waals surface area contributed by atoms with Gasteiger partial charge in [-0.3, -0.25) is 0 Å². The lowest BCUT2D eigenvalue weighted by molar-refractivity contribution is 0.0519. The first kappa shape index (κ1) is 11.3. The normalized spacial score (nSPS) is 19.7. The van der Waals surface area contributed by atoms with Crippen LogP contribution in [0, 0.1) is 0 Å². The highest BCUT2D eigenvalue weighted by molar-refractivity contribution is 7.99. The third kappa shape index (κ3) is 2.69. The van der Waals surface area contributed by atoms with Crippen molar-refractivity contribution in [3.63, 3.8) is 0 Å². The maximum atomic E-state index is 11.3. The number of carbonyl (C=O) groups is 1. The molecule has 1 saturated heterocycles. The molecule has 0 aliphatic carbocycles. The van der Waals surface area contributed by atoms with Gasteiger partial charge in [-0.1, -0.05) is 0 Å². The van der Waals surface area contributed by atoms with E-state index in [0.29, 0.717) is 18.7 Å². The molecule has 88 valence electrons. The number of nitrogens with one attached hydrogen (secondary N) is 1. The van der Waals surface area contributed by atoms with Crippen LogP contribution in [0.15, 0.2) is 10.7 Å². The van der Waals surface area contributed by atoms with Crippen LogP contribution in [0.2, 0.25) is 0 Å². The van der Waals surface area contributed by atoms with Crippen LogP contribution >= 0.6 is 11.8 Å². The monoisotopic (exact) mass is 242 g/mol. The van der Waals surface area contributed by atoms with E-state index < -0.39 is 5.97 Å². The van der Waals surface area contributed by atoms with Crippen molar-refractivity contribution in [1.29, 1.82) is 0 Å². The molecular formula is C10H14N2O3S. The molecule has 1 aliphatic rings. The highest BCUT2D eigenvalue weighted by Gasteiger charge is 2.19. The third-order valence-electron chi connectivity index (χ3n) is 2.25. The van der Waals surface area contributed by atoms with Crippen LogP contribution in [0.1, 0.15) is 23.8 Å². The number of carbonyl (C=O) groups excluding carboxylic acids is 1. The summed E-state index contributed by atoms with van der Waals surface area (Å²) in [4.78, 5) is 15.3. The number of anilines is 1. The van der Waals surface area contributed by atoms with Crippen molar-refractivity contribution in [3.05, 3.63) is 12.0 Å². The van der Waals surface area contributed by atoms with Crippen molar-refractivity contribution in [3.8, 4) is 0 Å². The number of ether oxygens (including phenoxy) is 1. The summed E-state index contributed by atoms with van der Waals surface area (Å²) in [6.07, 6.45) is 2.42. The molecule has 5 nitrogen and oxygen atoms in total. The number of esters is 1. The molecule has 6 heteroatoms. The van der Waals surface area contributed by atoms with E-state index in [1.165, 1.54) is 6.26 Å². The van der Waals surface area contributed by atoms with Gasteiger partial charge < -0.3 is 14.5 Å². The fraction of sp³-hybridized carbons (Fsp3) is 0.600. The summed E-state index contributed by atoms with van der Waals surface area (Å²) in [5, 5.41) is 3.15. The van der Waals surface area contributed by atoms with Crippen LogP contribution in [-0.4, -0.2) is 35.1 Å². The van der Waals surface area contributed by atoms with E-state index in [1.807, 2.05) is 11.8 Å². The van der Waals surface area contributed by atoms with Crippen LogP contribution in [-0.2, 0) is 4.74 Å². The minimum Gasteiger partial charge on any atom is -0.461 e. The van der Waals surface area contributed by atoms with E-state index in [0.717, 1.165) is 17.9 Å². The molecule has 0 amide bonds. The Hall–Kier alpha value is -1.17. The van der Waals surface area contributed by atoms with Crippen LogP contribution < -0.4 is 5.32 Å². The standard InChI is InChI=1S/C10H14N2O3S/c1-2-14-9(13)8-5-15-10(12-8)11-7-3-4-16-6-7/h5,7H,2-4,6H2,1H3,(H,11,12). The zero-order valence-corrected chi connectivity index (χ0v) is 9.88. The number of nitrogens with zero attached hydrogens (tertiary/aromatic N) is 1. The third-order valence-corrected chi connectivity index (χ3v) is 3.41.